The number of fused-ring (bicyclic) bond motifs is 3. The minimum atomic E-state index is -4.64. The maximum Gasteiger partial charge on any atom is 0.417 e. The van der Waals surface area contributed by atoms with Crippen LogP contribution in [0.2, 0.25) is 5.02 Å². The summed E-state index contributed by atoms with van der Waals surface area (Å²) in [5.74, 6) is 2.17. The normalized spacial score (nSPS) is 15.9. The topological polar surface area (TPSA) is 196 Å². The lowest BCUT2D eigenvalue weighted by Gasteiger charge is -2.47. The van der Waals surface area contributed by atoms with Gasteiger partial charge < -0.3 is 35.6 Å². The van der Waals surface area contributed by atoms with Gasteiger partial charge in [0.25, 0.3) is 16.0 Å². The summed E-state index contributed by atoms with van der Waals surface area (Å²) in [6.07, 6.45) is 6.74. The fraction of sp³-hybridized carbons (Fsp3) is 0.377. The van der Waals surface area contributed by atoms with E-state index in [9.17, 15) is 41.4 Å². The number of rotatable bonds is 13. The Bertz CT molecular complexity index is 2790. The maximum absolute atomic E-state index is 12.9. The molecule has 1 aromatic heterocycles. The van der Waals surface area contributed by atoms with E-state index >= 15 is 0 Å². The zero-order chi connectivity index (χ0) is 52.3. The van der Waals surface area contributed by atoms with E-state index in [2.05, 4.69) is 67.7 Å². The van der Waals surface area contributed by atoms with Crippen molar-refractivity contribution in [3.05, 3.63) is 142 Å². The Morgan fingerprint density at radius 1 is 0.915 bits per heavy atom. The predicted molar refractivity (Wildman–Crippen MR) is 269 cm³/mol. The van der Waals surface area contributed by atoms with Crippen LogP contribution in [0.1, 0.15) is 118 Å². The monoisotopic (exact) mass is 1020 g/mol. The number of carbonyl (C=O) groups excluding carboxylic acids is 2. The maximum atomic E-state index is 12.9. The second-order valence-electron chi connectivity index (χ2n) is 18.6. The highest BCUT2D eigenvalue weighted by atomic mass is 35.5. The SMILES string of the molecule is CCCCCCC(C)(C)c1cc(O)c2c(c1)OC(C)(C)[C@H]1CC=C(CO)C[C@H]21.CNC(=O)c1cc(Oc2ccc(NC(=O)Nc3ccc(Cl)c(C(F)(F)F)c3)cc2)ccn1.Cc1ccc(S(=O)(=O)O)cc1. The van der Waals surface area contributed by atoms with Crippen LogP contribution < -0.4 is 25.4 Å². The van der Waals surface area contributed by atoms with Gasteiger partial charge >= 0.3 is 12.2 Å². The number of nitrogens with zero attached hydrogens (tertiary/aromatic N) is 1. The van der Waals surface area contributed by atoms with Gasteiger partial charge in [-0.25, -0.2) is 4.79 Å². The zero-order valence-corrected chi connectivity index (χ0v) is 42.4. The van der Waals surface area contributed by atoms with Crippen molar-refractivity contribution in [1.29, 1.82) is 0 Å². The summed E-state index contributed by atoms with van der Waals surface area (Å²) < 4.78 is 80.5. The number of phenols is 1. The third-order valence-electron chi connectivity index (χ3n) is 12.4. The molecule has 0 radical (unpaired) electrons. The van der Waals surface area contributed by atoms with Crippen LogP contribution in [-0.4, -0.2) is 59.4 Å². The Labute approximate surface area is 418 Å². The van der Waals surface area contributed by atoms with Crippen LogP contribution >= 0.6 is 11.6 Å². The van der Waals surface area contributed by atoms with E-state index in [1.54, 1.807) is 42.5 Å². The number of aromatic nitrogens is 1. The summed E-state index contributed by atoms with van der Waals surface area (Å²) in [7, 11) is -2.53. The number of aliphatic hydroxyl groups excluding tert-OH is 1. The van der Waals surface area contributed by atoms with E-state index < -0.39 is 32.9 Å². The second-order valence-corrected chi connectivity index (χ2v) is 20.5. The molecular weight excluding hydrogens is 961 g/mol. The number of anilines is 2. The first kappa shape index (κ1) is 55.8. The lowest BCUT2D eigenvalue weighted by molar-refractivity contribution is -0.137. The number of urea groups is 1. The minimum Gasteiger partial charge on any atom is -0.508 e. The van der Waals surface area contributed by atoms with Crippen molar-refractivity contribution >= 4 is 45.0 Å². The number of ether oxygens (including phenoxy) is 2. The molecule has 4 aromatic carbocycles. The van der Waals surface area contributed by atoms with E-state index in [4.69, 9.17) is 25.6 Å². The van der Waals surface area contributed by atoms with Crippen molar-refractivity contribution in [2.75, 3.05) is 24.3 Å². The summed E-state index contributed by atoms with van der Waals surface area (Å²) in [4.78, 5) is 27.6. The molecule has 71 heavy (non-hydrogen) atoms. The van der Waals surface area contributed by atoms with E-state index in [0.29, 0.717) is 28.9 Å². The second kappa shape index (κ2) is 23.8. The Kier molecular flexibility index (Phi) is 18.7. The van der Waals surface area contributed by atoms with Gasteiger partial charge in [0.05, 0.1) is 22.1 Å². The molecule has 13 nitrogen and oxygen atoms in total. The predicted octanol–water partition coefficient (Wildman–Crippen LogP) is 13.0. The highest BCUT2D eigenvalue weighted by molar-refractivity contribution is 7.85. The van der Waals surface area contributed by atoms with Gasteiger partial charge in [-0.2, -0.15) is 21.6 Å². The number of phenolic OH excluding ortho intramolecular Hbond substituents is 1. The number of aryl methyl sites for hydroxylation is 1. The Balaban J connectivity index is 0.000000219. The quantitative estimate of drug-likeness (QED) is 0.0375. The molecule has 5 aromatic rings. The van der Waals surface area contributed by atoms with Crippen LogP contribution in [0.25, 0.3) is 0 Å². The molecule has 0 spiro atoms. The van der Waals surface area contributed by atoms with E-state index in [0.717, 1.165) is 59.4 Å². The molecule has 0 fully saturated rings. The number of alkyl halides is 3. The molecule has 7 rings (SSSR count). The number of carbonyl (C=O) groups is 2. The zero-order valence-electron chi connectivity index (χ0n) is 40.8. The first-order chi connectivity index (χ1) is 33.3. The fourth-order valence-corrected chi connectivity index (χ4v) is 9.12. The molecule has 3 amide bonds. The van der Waals surface area contributed by atoms with Crippen molar-refractivity contribution in [3.8, 4) is 23.0 Å². The number of hydrogen-bond donors (Lipinski definition) is 6. The van der Waals surface area contributed by atoms with Crippen LogP contribution in [0, 0.1) is 12.8 Å². The average Bonchev–Trinajstić information content (AvgIpc) is 3.31. The van der Waals surface area contributed by atoms with Gasteiger partial charge in [0.1, 0.15) is 34.3 Å². The van der Waals surface area contributed by atoms with E-state index in [1.165, 1.54) is 63.2 Å². The first-order valence-corrected chi connectivity index (χ1v) is 25.0. The van der Waals surface area contributed by atoms with Crippen molar-refractivity contribution in [2.45, 2.75) is 114 Å². The molecule has 382 valence electrons. The molecule has 18 heteroatoms. The molecule has 0 bridgehead atoms. The van der Waals surface area contributed by atoms with Gasteiger partial charge in [-0.1, -0.05) is 81.8 Å². The van der Waals surface area contributed by atoms with Crippen molar-refractivity contribution < 1.29 is 55.4 Å². The number of unbranched alkanes of at least 4 members (excludes halogenated alkanes) is 3. The van der Waals surface area contributed by atoms with Crippen molar-refractivity contribution in [1.82, 2.24) is 10.3 Å². The lowest BCUT2D eigenvalue weighted by Crippen LogP contribution is -2.45. The molecule has 1 aliphatic heterocycles. The molecule has 2 aliphatic rings. The molecule has 0 saturated heterocycles. The molecule has 6 N–H and O–H groups in total. The smallest absolute Gasteiger partial charge is 0.417 e. The van der Waals surface area contributed by atoms with E-state index in [-0.39, 0.29) is 45.7 Å². The minimum absolute atomic E-state index is 0.00727. The number of halogens is 4. The van der Waals surface area contributed by atoms with Gasteiger partial charge in [-0.15, -0.1) is 0 Å². The van der Waals surface area contributed by atoms with Crippen LogP contribution in [0.4, 0.5) is 29.3 Å². The number of hydrogen-bond acceptors (Lipinski definition) is 9. The van der Waals surface area contributed by atoms with Crippen LogP contribution in [0.3, 0.4) is 0 Å². The Morgan fingerprint density at radius 3 is 2.20 bits per heavy atom. The first-order valence-electron chi connectivity index (χ1n) is 23.1. The number of pyridine rings is 1. The highest BCUT2D eigenvalue weighted by Gasteiger charge is 2.46. The largest absolute Gasteiger partial charge is 0.508 e. The lowest BCUT2D eigenvalue weighted by atomic mass is 9.66. The van der Waals surface area contributed by atoms with E-state index in [1.807, 2.05) is 13.0 Å². The van der Waals surface area contributed by atoms with Gasteiger partial charge in [0.2, 0.25) is 0 Å². The van der Waals surface area contributed by atoms with Gasteiger partial charge in [0, 0.05) is 48.1 Å². The standard InChI is InChI=1S/C25H38O3.C21H16ClF3N4O3.C7H8O3S/c1-6-7-8-9-12-24(2,3)18-14-21(27)23-19-13-17(16-26)10-11-20(19)25(4,5)28-22(23)15-18;1-26-19(30)18-11-15(8-9-27-18)32-14-5-2-12(3-6-14)28-20(31)29-13-4-7-17(22)16(10-13)21(23,24)25;1-6-2-4-7(5-3-6)11(8,9)10/h10,14-15,19-20,26-27H,6-9,11-13,16H2,1-5H3;2-11H,1H3,(H,26,30)(H2,28,29,31);2-5H,1H3,(H,8,9,10)/t19-,20-;;/m0../s1. The molecule has 2 atom stereocenters. The number of aromatic hydroxyl groups is 1. The Morgan fingerprint density at radius 2 is 1.58 bits per heavy atom. The fourth-order valence-electron chi connectivity index (χ4n) is 8.42. The van der Waals surface area contributed by atoms with Gasteiger partial charge in [-0.05, 0) is 129 Å². The van der Waals surface area contributed by atoms with Crippen molar-refractivity contribution in [3.63, 3.8) is 0 Å². The summed E-state index contributed by atoms with van der Waals surface area (Å²) in [5, 5.41) is 27.5. The summed E-state index contributed by atoms with van der Waals surface area (Å²) in [5.41, 5.74) is 3.30. The van der Waals surface area contributed by atoms with Gasteiger partial charge in [-0.3, -0.25) is 14.3 Å². The molecule has 2 heterocycles. The highest BCUT2D eigenvalue weighted by Crippen LogP contribution is 2.55. The van der Waals surface area contributed by atoms with Crippen molar-refractivity contribution in [2.24, 2.45) is 5.92 Å². The number of allylic oxidation sites excluding steroid dienone is 1. The summed E-state index contributed by atoms with van der Waals surface area (Å²) in [6.45, 7) is 13.0. The number of amides is 3. The van der Waals surface area contributed by atoms with Gasteiger partial charge in [0.15, 0.2) is 0 Å². The molecular formula is C53H62ClF3N4O9S. The van der Waals surface area contributed by atoms with Crippen LogP contribution in [0.5, 0.6) is 23.0 Å². The number of nitrogens with one attached hydrogen (secondary N) is 3. The Hall–Kier alpha value is -6.14. The molecule has 0 saturated carbocycles. The third-order valence-corrected chi connectivity index (χ3v) is 13.6. The third kappa shape index (κ3) is 15.4. The summed E-state index contributed by atoms with van der Waals surface area (Å²) >= 11 is 5.57. The molecule has 1 aliphatic carbocycles. The number of benzene rings is 4. The molecule has 0 unspecified atom stereocenters. The van der Waals surface area contributed by atoms with Crippen LogP contribution in [-0.2, 0) is 21.7 Å². The van der Waals surface area contributed by atoms with Crippen LogP contribution in [0.15, 0.2) is 114 Å². The number of aliphatic hydroxyl groups is 1. The summed E-state index contributed by atoms with van der Waals surface area (Å²) in [6, 6.07) is 21.7. The average molecular weight is 1020 g/mol.